The van der Waals surface area contributed by atoms with Gasteiger partial charge in [-0.15, -0.1) is 0 Å². The summed E-state index contributed by atoms with van der Waals surface area (Å²) in [4.78, 5) is 0. The maximum absolute atomic E-state index is 11.5. The molecule has 1 atom stereocenters. The summed E-state index contributed by atoms with van der Waals surface area (Å²) in [6, 6.07) is 9.51. The van der Waals surface area contributed by atoms with Gasteiger partial charge in [-0.2, -0.15) is 0 Å². The van der Waals surface area contributed by atoms with Crippen molar-refractivity contribution in [2.75, 3.05) is 6.54 Å². The van der Waals surface area contributed by atoms with Gasteiger partial charge in [0.15, 0.2) is 12.3 Å². The first-order valence-electron chi connectivity index (χ1n) is 5.80. The van der Waals surface area contributed by atoms with E-state index >= 15 is 0 Å². The van der Waals surface area contributed by atoms with Crippen LogP contribution in [0.5, 0.6) is 0 Å². The van der Waals surface area contributed by atoms with Crippen molar-refractivity contribution in [2.45, 2.75) is 31.8 Å². The highest BCUT2D eigenvalue weighted by atomic mass is 16.5. The first kappa shape index (κ1) is 11.1. The fourth-order valence-electron chi connectivity index (χ4n) is 2.09. The molecule has 1 N–H and O–H groups in total. The molecule has 3 nitrogen and oxygen atoms in total. The number of hydrogen-bond donors (Lipinski definition) is 1. The molecule has 0 fully saturated rings. The molecule has 0 unspecified atom stereocenters. The van der Waals surface area contributed by atoms with E-state index in [1.165, 1.54) is 0 Å². The van der Waals surface area contributed by atoms with Crippen LogP contribution in [0.25, 0.3) is 0 Å². The highest BCUT2D eigenvalue weighted by molar-refractivity contribution is 5.80. The number of benzene rings is 1. The summed E-state index contributed by atoms with van der Waals surface area (Å²) in [7, 11) is 0. The summed E-state index contributed by atoms with van der Waals surface area (Å²) in [6.07, 6.45) is 2.77. The lowest BCUT2D eigenvalue weighted by Gasteiger charge is -2.18. The minimum Gasteiger partial charge on any atom is -0.624 e. The number of hydrogen-bond acceptors (Lipinski definition) is 2. The summed E-state index contributed by atoms with van der Waals surface area (Å²) >= 11 is 0. The van der Waals surface area contributed by atoms with Crippen molar-refractivity contribution in [1.29, 1.82) is 0 Å². The van der Waals surface area contributed by atoms with Crippen LogP contribution < -0.4 is 0 Å². The number of aliphatic hydroxyl groups excluding tert-OH is 1. The molecule has 0 spiro atoms. The number of hydroxylamine groups is 1. The number of aliphatic hydroxyl groups is 1. The van der Waals surface area contributed by atoms with Crippen LogP contribution in [0.4, 0.5) is 0 Å². The van der Waals surface area contributed by atoms with Crippen molar-refractivity contribution < 1.29 is 9.85 Å². The summed E-state index contributed by atoms with van der Waals surface area (Å²) in [5, 5.41) is 21.5. The van der Waals surface area contributed by atoms with E-state index in [-0.39, 0.29) is 0 Å². The number of nitrogens with zero attached hydrogens (tertiary/aromatic N) is 1. The highest BCUT2D eigenvalue weighted by Gasteiger charge is 2.19. The van der Waals surface area contributed by atoms with Gasteiger partial charge in [0.25, 0.3) is 0 Å². The standard InChI is InChI=1S/C13H17NO2/c15-13(11-6-2-1-3-7-11)10-12-8-4-5-9-14(12)16/h1-3,6-7,13,15H,4-5,8-10H2/t13-/m0/s1. The molecule has 0 bridgehead atoms. The largest absolute Gasteiger partial charge is 0.624 e. The SMILES string of the molecule is [O-][N+]1=C(C[C@H](O)c2ccccc2)CCCC1. The summed E-state index contributed by atoms with van der Waals surface area (Å²) in [5.41, 5.74) is 1.72. The smallest absolute Gasteiger partial charge is 0.166 e. The zero-order chi connectivity index (χ0) is 11.4. The summed E-state index contributed by atoms with van der Waals surface area (Å²) < 4.78 is 1.05. The van der Waals surface area contributed by atoms with Crippen LogP contribution in [0.15, 0.2) is 30.3 Å². The molecule has 0 aromatic heterocycles. The molecule has 1 aliphatic heterocycles. The van der Waals surface area contributed by atoms with Crippen molar-refractivity contribution in [2.24, 2.45) is 0 Å². The Balaban J connectivity index is 2.05. The van der Waals surface area contributed by atoms with Crippen LogP contribution in [-0.2, 0) is 0 Å². The van der Waals surface area contributed by atoms with Crippen molar-refractivity contribution in [3.8, 4) is 0 Å². The Morgan fingerprint density at radius 1 is 1.25 bits per heavy atom. The normalized spacial score (nSPS) is 18.6. The van der Waals surface area contributed by atoms with Crippen LogP contribution in [0.1, 0.15) is 37.4 Å². The highest BCUT2D eigenvalue weighted by Crippen LogP contribution is 2.19. The van der Waals surface area contributed by atoms with Crippen LogP contribution >= 0.6 is 0 Å². The predicted molar refractivity (Wildman–Crippen MR) is 63.4 cm³/mol. The summed E-state index contributed by atoms with van der Waals surface area (Å²) in [6.45, 7) is 0.580. The Kier molecular flexibility index (Phi) is 3.57. The zero-order valence-electron chi connectivity index (χ0n) is 9.30. The summed E-state index contributed by atoms with van der Waals surface area (Å²) in [5.74, 6) is 0. The zero-order valence-corrected chi connectivity index (χ0v) is 9.30. The molecule has 0 saturated carbocycles. The lowest BCUT2D eigenvalue weighted by molar-refractivity contribution is -0.465. The molecule has 3 heteroatoms. The molecule has 16 heavy (non-hydrogen) atoms. The van der Waals surface area contributed by atoms with E-state index in [0.29, 0.717) is 13.0 Å². The molecule has 0 amide bonds. The molecule has 2 rings (SSSR count). The van der Waals surface area contributed by atoms with Gasteiger partial charge in [-0.05, 0) is 12.0 Å². The monoisotopic (exact) mass is 219 g/mol. The van der Waals surface area contributed by atoms with Crippen molar-refractivity contribution in [3.63, 3.8) is 0 Å². The quantitative estimate of drug-likeness (QED) is 0.626. The van der Waals surface area contributed by atoms with E-state index in [4.69, 9.17) is 0 Å². The van der Waals surface area contributed by atoms with Gasteiger partial charge in [-0.25, -0.2) is 4.74 Å². The van der Waals surface area contributed by atoms with E-state index in [2.05, 4.69) is 0 Å². The molecule has 86 valence electrons. The Hall–Kier alpha value is -1.35. The molecule has 0 radical (unpaired) electrons. The van der Waals surface area contributed by atoms with Crippen LogP contribution in [0, 0.1) is 5.21 Å². The van der Waals surface area contributed by atoms with Crippen LogP contribution in [0.2, 0.25) is 0 Å². The molecule has 1 aliphatic rings. The van der Waals surface area contributed by atoms with E-state index in [0.717, 1.165) is 35.3 Å². The second kappa shape index (κ2) is 5.12. The number of rotatable bonds is 3. The molecule has 1 heterocycles. The van der Waals surface area contributed by atoms with Gasteiger partial charge in [0.05, 0.1) is 12.5 Å². The lowest BCUT2D eigenvalue weighted by atomic mass is 9.99. The van der Waals surface area contributed by atoms with Gasteiger partial charge in [-0.3, -0.25) is 0 Å². The van der Waals surface area contributed by atoms with E-state index in [1.54, 1.807) is 0 Å². The third-order valence-electron chi connectivity index (χ3n) is 3.04. The second-order valence-corrected chi connectivity index (χ2v) is 4.26. The first-order chi connectivity index (χ1) is 7.77. The second-order valence-electron chi connectivity index (χ2n) is 4.26. The van der Waals surface area contributed by atoms with E-state index in [1.807, 2.05) is 30.3 Å². The van der Waals surface area contributed by atoms with Crippen molar-refractivity contribution in [3.05, 3.63) is 41.1 Å². The Labute approximate surface area is 95.6 Å². The van der Waals surface area contributed by atoms with Gasteiger partial charge < -0.3 is 10.3 Å². The van der Waals surface area contributed by atoms with E-state index < -0.39 is 6.10 Å². The topological polar surface area (TPSA) is 46.3 Å². The maximum Gasteiger partial charge on any atom is 0.166 e. The van der Waals surface area contributed by atoms with Gasteiger partial charge in [-0.1, -0.05) is 30.3 Å². The molecule has 1 aromatic rings. The third kappa shape index (κ3) is 2.61. The predicted octanol–water partition coefficient (Wildman–Crippen LogP) is 2.25. The first-order valence-corrected chi connectivity index (χ1v) is 5.80. The maximum atomic E-state index is 11.5. The fraction of sp³-hybridized carbons (Fsp3) is 0.462. The Morgan fingerprint density at radius 2 is 2.00 bits per heavy atom. The van der Waals surface area contributed by atoms with Gasteiger partial charge in [0.1, 0.15) is 0 Å². The van der Waals surface area contributed by atoms with Crippen molar-refractivity contribution >= 4 is 5.71 Å². The van der Waals surface area contributed by atoms with Gasteiger partial charge >= 0.3 is 0 Å². The van der Waals surface area contributed by atoms with Crippen molar-refractivity contribution in [1.82, 2.24) is 0 Å². The molecular weight excluding hydrogens is 202 g/mol. The van der Waals surface area contributed by atoms with Crippen LogP contribution in [-0.4, -0.2) is 22.1 Å². The Bertz CT molecular complexity index is 373. The minimum atomic E-state index is -0.550. The molecular formula is C13H17NO2. The Morgan fingerprint density at radius 3 is 2.69 bits per heavy atom. The fourth-order valence-corrected chi connectivity index (χ4v) is 2.09. The van der Waals surface area contributed by atoms with Gasteiger partial charge in [0.2, 0.25) is 0 Å². The average Bonchev–Trinajstić information content (AvgIpc) is 2.33. The molecule has 1 aromatic carbocycles. The minimum absolute atomic E-state index is 0.466. The molecule has 0 aliphatic carbocycles. The lowest BCUT2D eigenvalue weighted by Crippen LogP contribution is -2.23. The molecule has 0 saturated heterocycles. The van der Waals surface area contributed by atoms with Gasteiger partial charge in [0, 0.05) is 12.8 Å². The van der Waals surface area contributed by atoms with E-state index in [9.17, 15) is 10.3 Å². The third-order valence-corrected chi connectivity index (χ3v) is 3.04. The van der Waals surface area contributed by atoms with Crippen LogP contribution in [0.3, 0.4) is 0 Å². The average molecular weight is 219 g/mol.